The number of rotatable bonds is 4. The van der Waals surface area contributed by atoms with Crippen molar-refractivity contribution >= 4 is 17.7 Å². The van der Waals surface area contributed by atoms with Gasteiger partial charge in [0.2, 0.25) is 0 Å². The fourth-order valence-corrected chi connectivity index (χ4v) is 0.673. The Kier molecular flexibility index (Phi) is 5.70. The van der Waals surface area contributed by atoms with Gasteiger partial charge in [0.1, 0.15) is 0 Å². The summed E-state index contributed by atoms with van der Waals surface area (Å²) in [5, 5.41) is 0. The molecule has 3 N–H and O–H groups in total. The topological polar surface area (TPSA) is 64.3 Å². The number of thioether (sulfide) groups is 1. The van der Waals surface area contributed by atoms with Gasteiger partial charge in [-0.1, -0.05) is 5.59 Å². The highest BCUT2D eigenvalue weighted by molar-refractivity contribution is 7.98. The Morgan fingerprint density at radius 2 is 2.56 bits per heavy atom. The van der Waals surface area contributed by atoms with Gasteiger partial charge in [0.25, 0.3) is 0 Å². The molecule has 0 rings (SSSR count). The lowest BCUT2D eigenvalue weighted by atomic mass is 10.5. The molecule has 0 amide bonds. The van der Waals surface area contributed by atoms with Crippen molar-refractivity contribution in [1.29, 1.82) is 0 Å². The molecular weight excluding hydrogens is 140 g/mol. The van der Waals surface area contributed by atoms with Crippen molar-refractivity contribution in [2.24, 2.45) is 5.84 Å². The van der Waals surface area contributed by atoms with Crippen molar-refractivity contribution in [1.82, 2.24) is 5.59 Å². The molecule has 5 heteroatoms. The second kappa shape index (κ2) is 5.87. The number of nitrogens with two attached hydrogens (primary N) is 1. The molecule has 0 saturated carbocycles. The minimum atomic E-state index is -0.327. The zero-order valence-electron chi connectivity index (χ0n) is 5.22. The van der Waals surface area contributed by atoms with Crippen LogP contribution in [0.25, 0.3) is 0 Å². The molecule has 0 atom stereocenters. The Balaban J connectivity index is 3.06. The van der Waals surface area contributed by atoms with Gasteiger partial charge in [-0.2, -0.15) is 11.8 Å². The predicted molar refractivity (Wildman–Crippen MR) is 36.4 cm³/mol. The third-order valence-corrected chi connectivity index (χ3v) is 1.30. The second-order valence-electron chi connectivity index (χ2n) is 1.33. The first-order valence-corrected chi connectivity index (χ1v) is 3.85. The van der Waals surface area contributed by atoms with Crippen LogP contribution in [0.1, 0.15) is 6.42 Å². The highest BCUT2D eigenvalue weighted by Gasteiger charge is 1.98. The molecule has 0 saturated heterocycles. The number of carbonyl (C=O) groups is 1. The smallest absolute Gasteiger partial charge is 0.327 e. The summed E-state index contributed by atoms with van der Waals surface area (Å²) in [6, 6.07) is 0. The fourth-order valence-electron chi connectivity index (χ4n) is 0.302. The summed E-state index contributed by atoms with van der Waals surface area (Å²) in [4.78, 5) is 14.6. The van der Waals surface area contributed by atoms with E-state index in [2.05, 4.69) is 4.84 Å². The number of carbonyl (C=O) groups excluding carboxylic acids is 1. The van der Waals surface area contributed by atoms with Crippen molar-refractivity contribution in [2.45, 2.75) is 6.42 Å². The van der Waals surface area contributed by atoms with E-state index in [9.17, 15) is 4.79 Å². The van der Waals surface area contributed by atoms with Crippen LogP contribution in [-0.2, 0) is 9.63 Å². The molecule has 0 aromatic carbocycles. The van der Waals surface area contributed by atoms with E-state index in [4.69, 9.17) is 5.84 Å². The quantitative estimate of drug-likeness (QED) is 0.424. The molecule has 0 heterocycles. The maximum Gasteiger partial charge on any atom is 0.327 e. The third kappa shape index (κ3) is 5.61. The second-order valence-corrected chi connectivity index (χ2v) is 2.32. The molecule has 54 valence electrons. The van der Waals surface area contributed by atoms with Gasteiger partial charge in [0.05, 0.1) is 6.42 Å². The molecule has 0 aliphatic rings. The van der Waals surface area contributed by atoms with Crippen LogP contribution in [0.15, 0.2) is 0 Å². The van der Waals surface area contributed by atoms with Gasteiger partial charge in [-0.15, -0.1) is 0 Å². The van der Waals surface area contributed by atoms with Gasteiger partial charge >= 0.3 is 5.97 Å². The van der Waals surface area contributed by atoms with Crippen LogP contribution in [0.5, 0.6) is 0 Å². The van der Waals surface area contributed by atoms with Crippen molar-refractivity contribution in [3.05, 3.63) is 0 Å². The van der Waals surface area contributed by atoms with E-state index in [0.717, 1.165) is 5.75 Å². The van der Waals surface area contributed by atoms with Gasteiger partial charge in [-0.3, -0.25) is 4.79 Å². The zero-order valence-corrected chi connectivity index (χ0v) is 6.03. The summed E-state index contributed by atoms with van der Waals surface area (Å²) >= 11 is 1.59. The Hall–Kier alpha value is -0.260. The minimum absolute atomic E-state index is 0.327. The van der Waals surface area contributed by atoms with Gasteiger partial charge in [0, 0.05) is 5.75 Å². The predicted octanol–water partition coefficient (Wildman–Crippen LogP) is -0.339. The van der Waals surface area contributed by atoms with E-state index in [0.29, 0.717) is 6.42 Å². The SMILES string of the molecule is CSCCC(=O)ONN. The minimum Gasteiger partial charge on any atom is -0.356 e. The zero-order chi connectivity index (χ0) is 7.11. The highest BCUT2D eigenvalue weighted by Crippen LogP contribution is 1.95. The van der Waals surface area contributed by atoms with Crippen molar-refractivity contribution < 1.29 is 9.63 Å². The van der Waals surface area contributed by atoms with Gasteiger partial charge < -0.3 is 4.84 Å². The molecule has 0 aromatic heterocycles. The summed E-state index contributed by atoms with van der Waals surface area (Å²) in [5.41, 5.74) is 1.82. The first kappa shape index (κ1) is 8.74. The molecule has 0 aliphatic heterocycles. The Morgan fingerprint density at radius 1 is 1.89 bits per heavy atom. The normalized spacial score (nSPS) is 9.11. The lowest BCUT2D eigenvalue weighted by molar-refractivity contribution is -0.150. The molecule has 4 nitrogen and oxygen atoms in total. The summed E-state index contributed by atoms with van der Waals surface area (Å²) in [6.07, 6.45) is 2.31. The van der Waals surface area contributed by atoms with E-state index in [1.54, 1.807) is 11.8 Å². The van der Waals surface area contributed by atoms with E-state index >= 15 is 0 Å². The third-order valence-electron chi connectivity index (χ3n) is 0.683. The van der Waals surface area contributed by atoms with Gasteiger partial charge in [0.15, 0.2) is 0 Å². The molecule has 0 spiro atoms. The molecular formula is C4H10N2O2S. The summed E-state index contributed by atoms with van der Waals surface area (Å²) in [5.74, 6) is 5.14. The molecule has 9 heavy (non-hydrogen) atoms. The first-order valence-electron chi connectivity index (χ1n) is 2.45. The molecule has 0 aromatic rings. The van der Waals surface area contributed by atoms with Crippen LogP contribution < -0.4 is 11.4 Å². The first-order chi connectivity index (χ1) is 4.31. The molecule has 0 fully saturated rings. The van der Waals surface area contributed by atoms with Crippen LogP contribution in [0, 0.1) is 0 Å². The van der Waals surface area contributed by atoms with Crippen LogP contribution in [0.4, 0.5) is 0 Å². The van der Waals surface area contributed by atoms with Crippen LogP contribution in [0.2, 0.25) is 0 Å². The average Bonchev–Trinajstić information content (AvgIpc) is 1.85. The van der Waals surface area contributed by atoms with Gasteiger partial charge in [-0.05, 0) is 6.26 Å². The summed E-state index contributed by atoms with van der Waals surface area (Å²) in [7, 11) is 0. The van der Waals surface area contributed by atoms with E-state index in [-0.39, 0.29) is 5.97 Å². The van der Waals surface area contributed by atoms with E-state index in [1.807, 2.05) is 11.8 Å². The lowest BCUT2D eigenvalue weighted by Crippen LogP contribution is -2.26. The van der Waals surface area contributed by atoms with E-state index in [1.165, 1.54) is 0 Å². The van der Waals surface area contributed by atoms with Gasteiger partial charge in [-0.25, -0.2) is 5.84 Å². The maximum atomic E-state index is 10.4. The van der Waals surface area contributed by atoms with Crippen LogP contribution >= 0.6 is 11.8 Å². The van der Waals surface area contributed by atoms with E-state index < -0.39 is 0 Å². The Morgan fingerprint density at radius 3 is 3.00 bits per heavy atom. The Labute approximate surface area is 58.0 Å². The average molecular weight is 150 g/mol. The van der Waals surface area contributed by atoms with Crippen LogP contribution in [0.3, 0.4) is 0 Å². The number of nitrogens with one attached hydrogen (secondary N) is 1. The summed E-state index contributed by atoms with van der Waals surface area (Å²) < 4.78 is 0. The van der Waals surface area contributed by atoms with Crippen molar-refractivity contribution in [3.8, 4) is 0 Å². The lowest BCUT2D eigenvalue weighted by Gasteiger charge is -1.97. The molecule has 0 aliphatic carbocycles. The highest BCUT2D eigenvalue weighted by atomic mass is 32.2. The number of hydrogen-bond donors (Lipinski definition) is 2. The summed E-state index contributed by atoms with van der Waals surface area (Å²) in [6.45, 7) is 0. The number of hydrazine groups is 1. The van der Waals surface area contributed by atoms with Crippen molar-refractivity contribution in [3.63, 3.8) is 0 Å². The maximum absolute atomic E-state index is 10.4. The fraction of sp³-hybridized carbons (Fsp3) is 0.750. The largest absolute Gasteiger partial charge is 0.356 e. The monoisotopic (exact) mass is 150 g/mol. The van der Waals surface area contributed by atoms with Crippen molar-refractivity contribution in [2.75, 3.05) is 12.0 Å². The standard InChI is InChI=1S/C4H10N2O2S/c1-9-3-2-4(7)8-6-5/h6H,2-3,5H2,1H3. The Bertz CT molecular complexity index is 88.6. The molecule has 0 radical (unpaired) electrons. The van der Waals surface area contributed by atoms with Crippen LogP contribution in [-0.4, -0.2) is 18.0 Å². The molecule has 0 bridgehead atoms. The molecule has 0 unspecified atom stereocenters. The number of hydrogen-bond acceptors (Lipinski definition) is 5.